The second kappa shape index (κ2) is 5.49. The number of hydrogen-bond donors (Lipinski definition) is 2. The van der Waals surface area contributed by atoms with Crippen molar-refractivity contribution < 1.29 is 4.79 Å². The second-order valence-electron chi connectivity index (χ2n) is 4.77. The molecule has 0 radical (unpaired) electrons. The van der Waals surface area contributed by atoms with Crippen LogP contribution >= 0.6 is 27.3 Å². The molecular formula is C13H13BrN4OS. The molecule has 104 valence electrons. The summed E-state index contributed by atoms with van der Waals surface area (Å²) in [6, 6.07) is 7.87. The maximum Gasteiger partial charge on any atom is 0.321 e. The molecule has 0 saturated heterocycles. The van der Waals surface area contributed by atoms with Gasteiger partial charge in [-0.2, -0.15) is 0 Å². The summed E-state index contributed by atoms with van der Waals surface area (Å²) in [5, 5.41) is 13.8. The van der Waals surface area contributed by atoms with Crippen LogP contribution in [-0.4, -0.2) is 16.2 Å². The summed E-state index contributed by atoms with van der Waals surface area (Å²) in [7, 11) is 0. The van der Waals surface area contributed by atoms with Crippen molar-refractivity contribution in [2.24, 2.45) is 0 Å². The van der Waals surface area contributed by atoms with Gasteiger partial charge in [0.1, 0.15) is 5.51 Å². The van der Waals surface area contributed by atoms with Gasteiger partial charge >= 0.3 is 6.03 Å². The van der Waals surface area contributed by atoms with Crippen LogP contribution in [0.25, 0.3) is 0 Å². The second-order valence-corrected chi connectivity index (χ2v) is 6.51. The average Bonchev–Trinajstić information content (AvgIpc) is 2.88. The van der Waals surface area contributed by atoms with Crippen LogP contribution in [0, 0.1) is 0 Å². The van der Waals surface area contributed by atoms with E-state index in [0.717, 1.165) is 29.3 Å². The largest absolute Gasteiger partial charge is 0.328 e. The molecule has 0 aliphatic heterocycles. The maximum atomic E-state index is 12.1. The molecule has 1 saturated carbocycles. The van der Waals surface area contributed by atoms with Gasteiger partial charge in [0.15, 0.2) is 0 Å². The van der Waals surface area contributed by atoms with Gasteiger partial charge in [-0.1, -0.05) is 39.4 Å². The molecule has 7 heteroatoms. The lowest BCUT2D eigenvalue weighted by Gasteiger charge is -2.43. The minimum atomic E-state index is -0.254. The number of aromatic nitrogens is 2. The molecule has 1 aromatic heterocycles. The number of urea groups is 1. The number of nitrogens with zero attached hydrogens (tertiary/aromatic N) is 2. The molecule has 1 aromatic carbocycles. The minimum Gasteiger partial charge on any atom is -0.328 e. The lowest BCUT2D eigenvalue weighted by atomic mass is 9.72. The standard InChI is InChI=1S/C13H13BrN4OS/c14-10-4-2-9(3-5-10)13(6-1-7-13)17-11(19)16-12-18-15-8-20-12/h2-5,8H,1,6-7H2,(H2,16,17,18,19). The summed E-state index contributed by atoms with van der Waals surface area (Å²) in [5.41, 5.74) is 2.47. The fourth-order valence-electron chi connectivity index (χ4n) is 2.36. The van der Waals surface area contributed by atoms with E-state index in [2.05, 4.69) is 48.9 Å². The van der Waals surface area contributed by atoms with Crippen molar-refractivity contribution in [3.05, 3.63) is 39.8 Å². The zero-order valence-corrected chi connectivity index (χ0v) is 13.0. The molecule has 2 N–H and O–H groups in total. The van der Waals surface area contributed by atoms with Crippen molar-refractivity contribution in [1.29, 1.82) is 0 Å². The number of rotatable bonds is 3. The monoisotopic (exact) mass is 352 g/mol. The van der Waals surface area contributed by atoms with E-state index in [-0.39, 0.29) is 11.6 Å². The predicted octanol–water partition coefficient (Wildman–Crippen LogP) is 3.50. The highest BCUT2D eigenvalue weighted by atomic mass is 79.9. The fourth-order valence-corrected chi connectivity index (χ4v) is 3.06. The lowest BCUT2D eigenvalue weighted by Crippen LogP contribution is -2.52. The third kappa shape index (κ3) is 2.69. The van der Waals surface area contributed by atoms with Crippen molar-refractivity contribution in [2.75, 3.05) is 5.32 Å². The Balaban J connectivity index is 1.73. The Bertz CT molecular complexity index is 595. The molecule has 1 aliphatic rings. The smallest absolute Gasteiger partial charge is 0.321 e. The molecule has 0 atom stereocenters. The number of carbonyl (C=O) groups is 1. The maximum absolute atomic E-state index is 12.1. The van der Waals surface area contributed by atoms with E-state index in [9.17, 15) is 4.79 Å². The van der Waals surface area contributed by atoms with Crippen molar-refractivity contribution in [1.82, 2.24) is 15.5 Å². The van der Waals surface area contributed by atoms with Crippen LogP contribution in [0.2, 0.25) is 0 Å². The highest BCUT2D eigenvalue weighted by Gasteiger charge is 2.40. The number of halogens is 1. The van der Waals surface area contributed by atoms with Crippen LogP contribution < -0.4 is 10.6 Å². The molecule has 20 heavy (non-hydrogen) atoms. The van der Waals surface area contributed by atoms with Crippen LogP contribution in [0.4, 0.5) is 9.93 Å². The van der Waals surface area contributed by atoms with E-state index < -0.39 is 0 Å². The first-order chi connectivity index (χ1) is 9.68. The van der Waals surface area contributed by atoms with Crippen LogP contribution in [0.15, 0.2) is 34.2 Å². The summed E-state index contributed by atoms with van der Waals surface area (Å²) in [6.07, 6.45) is 3.03. The van der Waals surface area contributed by atoms with Gasteiger partial charge < -0.3 is 5.32 Å². The van der Waals surface area contributed by atoms with Crippen LogP contribution in [-0.2, 0) is 5.54 Å². The quantitative estimate of drug-likeness (QED) is 0.888. The Kier molecular flexibility index (Phi) is 3.71. The summed E-state index contributed by atoms with van der Waals surface area (Å²) in [4.78, 5) is 12.1. The molecule has 0 unspecified atom stereocenters. The first kappa shape index (κ1) is 13.5. The third-order valence-corrected chi connectivity index (χ3v) is 4.67. The Morgan fingerprint density at radius 2 is 2.05 bits per heavy atom. The molecule has 0 spiro atoms. The van der Waals surface area contributed by atoms with Crippen molar-refractivity contribution in [3.63, 3.8) is 0 Å². The number of amides is 2. The van der Waals surface area contributed by atoms with Crippen LogP contribution in [0.1, 0.15) is 24.8 Å². The normalized spacial score (nSPS) is 16.2. The van der Waals surface area contributed by atoms with Gasteiger partial charge in [-0.15, -0.1) is 10.2 Å². The number of carbonyl (C=O) groups excluding carboxylic acids is 1. The van der Waals surface area contributed by atoms with Crippen molar-refractivity contribution >= 4 is 38.4 Å². The van der Waals surface area contributed by atoms with E-state index in [1.54, 1.807) is 5.51 Å². The molecule has 1 heterocycles. The molecule has 0 bridgehead atoms. The number of benzene rings is 1. The molecule has 1 aliphatic carbocycles. The Hall–Kier alpha value is -1.47. The highest BCUT2D eigenvalue weighted by Crippen LogP contribution is 2.41. The molecule has 3 rings (SSSR count). The molecule has 2 amide bonds. The first-order valence-electron chi connectivity index (χ1n) is 6.29. The number of hydrogen-bond acceptors (Lipinski definition) is 4. The van der Waals surface area contributed by atoms with Crippen LogP contribution in [0.3, 0.4) is 0 Å². The van der Waals surface area contributed by atoms with Gasteiger partial charge in [0.2, 0.25) is 5.13 Å². The Morgan fingerprint density at radius 1 is 1.30 bits per heavy atom. The number of anilines is 1. The first-order valence-corrected chi connectivity index (χ1v) is 7.97. The SMILES string of the molecule is O=C(Nc1nncs1)NC1(c2ccc(Br)cc2)CCC1. The molecular weight excluding hydrogens is 340 g/mol. The zero-order chi connectivity index (χ0) is 14.0. The Labute approximate surface area is 128 Å². The summed E-state index contributed by atoms with van der Waals surface area (Å²) in [5.74, 6) is 0. The summed E-state index contributed by atoms with van der Waals surface area (Å²) < 4.78 is 1.04. The van der Waals surface area contributed by atoms with Gasteiger partial charge in [0.25, 0.3) is 0 Å². The van der Waals surface area contributed by atoms with E-state index >= 15 is 0 Å². The summed E-state index contributed by atoms with van der Waals surface area (Å²) >= 11 is 4.73. The topological polar surface area (TPSA) is 66.9 Å². The minimum absolute atomic E-state index is 0.232. The van der Waals surface area contributed by atoms with Gasteiger partial charge in [0.05, 0.1) is 5.54 Å². The van der Waals surface area contributed by atoms with E-state index in [1.807, 2.05) is 12.1 Å². The Morgan fingerprint density at radius 3 is 2.60 bits per heavy atom. The van der Waals surface area contributed by atoms with Crippen LogP contribution in [0.5, 0.6) is 0 Å². The zero-order valence-electron chi connectivity index (χ0n) is 10.6. The fraction of sp³-hybridized carbons (Fsp3) is 0.308. The molecule has 2 aromatic rings. The van der Waals surface area contributed by atoms with Gasteiger partial charge in [-0.3, -0.25) is 5.32 Å². The van der Waals surface area contributed by atoms with E-state index in [1.165, 1.54) is 11.3 Å². The third-order valence-electron chi connectivity index (χ3n) is 3.54. The van der Waals surface area contributed by atoms with Gasteiger partial charge in [-0.05, 0) is 37.0 Å². The van der Waals surface area contributed by atoms with E-state index in [4.69, 9.17) is 0 Å². The molecule has 5 nitrogen and oxygen atoms in total. The average molecular weight is 353 g/mol. The summed E-state index contributed by atoms with van der Waals surface area (Å²) in [6.45, 7) is 0. The van der Waals surface area contributed by atoms with Crippen molar-refractivity contribution in [2.45, 2.75) is 24.8 Å². The predicted molar refractivity (Wildman–Crippen MR) is 81.7 cm³/mol. The number of nitrogens with one attached hydrogen (secondary N) is 2. The molecule has 1 fully saturated rings. The van der Waals surface area contributed by atoms with Gasteiger partial charge in [-0.25, -0.2) is 4.79 Å². The lowest BCUT2D eigenvalue weighted by molar-refractivity contribution is 0.185. The van der Waals surface area contributed by atoms with Gasteiger partial charge in [0, 0.05) is 4.47 Å². The van der Waals surface area contributed by atoms with Crippen molar-refractivity contribution in [3.8, 4) is 0 Å². The van der Waals surface area contributed by atoms with E-state index in [0.29, 0.717) is 5.13 Å². The highest BCUT2D eigenvalue weighted by molar-refractivity contribution is 9.10.